The molecule has 2 heterocycles. The smallest absolute Gasteiger partial charge is 0.240 e. The Morgan fingerprint density at radius 2 is 1.83 bits per heavy atom. The van der Waals surface area contributed by atoms with Crippen LogP contribution in [-0.4, -0.2) is 27.5 Å². The van der Waals surface area contributed by atoms with Crippen molar-refractivity contribution >= 4 is 27.1 Å². The van der Waals surface area contributed by atoms with Gasteiger partial charge in [0, 0.05) is 14.1 Å². The van der Waals surface area contributed by atoms with Crippen LogP contribution in [0.1, 0.15) is 5.56 Å². The van der Waals surface area contributed by atoms with E-state index in [2.05, 4.69) is 4.98 Å². The lowest BCUT2D eigenvalue weighted by molar-refractivity contribution is 0.565. The first kappa shape index (κ1) is 15.8. The molecule has 0 aliphatic heterocycles. The Morgan fingerprint density at radius 1 is 1.13 bits per heavy atom. The van der Waals surface area contributed by atoms with Crippen LogP contribution in [0.3, 0.4) is 0 Å². The zero-order valence-electron chi connectivity index (χ0n) is 13.0. The van der Waals surface area contributed by atoms with Gasteiger partial charge in [-0.15, -0.1) is 11.3 Å². The molecule has 0 saturated carbocycles. The maximum absolute atomic E-state index is 12.9. The van der Waals surface area contributed by atoms with Gasteiger partial charge in [0.1, 0.15) is 0 Å². The van der Waals surface area contributed by atoms with E-state index < -0.39 is 9.84 Å². The van der Waals surface area contributed by atoms with Gasteiger partial charge in [0.15, 0.2) is 0 Å². The average molecular weight is 348 g/mol. The lowest BCUT2D eigenvalue weighted by atomic mass is 10.2. The molecule has 23 heavy (non-hydrogen) atoms. The summed E-state index contributed by atoms with van der Waals surface area (Å²) in [5, 5.41) is 1.83. The fraction of sp³-hybridized carbons (Fsp3) is 0.188. The molecule has 0 aliphatic rings. The second-order valence-corrected chi connectivity index (χ2v) is 8.13. The fourth-order valence-electron chi connectivity index (χ4n) is 2.09. The lowest BCUT2D eigenvalue weighted by Crippen LogP contribution is -2.13. The van der Waals surface area contributed by atoms with Crippen molar-refractivity contribution in [3.05, 3.63) is 47.3 Å². The summed E-state index contributed by atoms with van der Waals surface area (Å²) in [4.78, 5) is 6.87. The summed E-state index contributed by atoms with van der Waals surface area (Å²) in [5.41, 5.74) is 0.996. The molecular weight excluding hydrogens is 332 g/mol. The Balaban J connectivity index is 2.16. The summed E-state index contributed by atoms with van der Waals surface area (Å²) >= 11 is 1.45. The Kier molecular flexibility index (Phi) is 3.99. The molecule has 0 unspecified atom stereocenters. The van der Waals surface area contributed by atoms with Crippen LogP contribution in [0.4, 0.5) is 5.88 Å². The summed E-state index contributed by atoms with van der Waals surface area (Å²) < 4.78 is 31.5. The number of nitrogens with zero attached hydrogens (tertiary/aromatic N) is 2. The number of sulfone groups is 1. The van der Waals surface area contributed by atoms with Crippen molar-refractivity contribution in [1.82, 2.24) is 4.98 Å². The molecule has 0 atom stereocenters. The summed E-state index contributed by atoms with van der Waals surface area (Å²) in [6, 6.07) is 10.4. The molecule has 0 radical (unpaired) electrons. The first-order valence-electron chi connectivity index (χ1n) is 6.93. The van der Waals surface area contributed by atoms with Crippen LogP contribution in [0, 0.1) is 6.92 Å². The van der Waals surface area contributed by atoms with Crippen LogP contribution in [0.25, 0.3) is 10.8 Å². The number of benzene rings is 1. The lowest BCUT2D eigenvalue weighted by Gasteiger charge is -2.10. The van der Waals surface area contributed by atoms with Crippen molar-refractivity contribution in [3.63, 3.8) is 0 Å². The maximum Gasteiger partial charge on any atom is 0.240 e. The first-order chi connectivity index (χ1) is 10.9. The molecule has 1 aromatic carbocycles. The minimum absolute atomic E-state index is 0.0604. The quantitative estimate of drug-likeness (QED) is 0.721. The number of oxazole rings is 1. The number of anilines is 1. The summed E-state index contributed by atoms with van der Waals surface area (Å²) in [5.74, 6) is 0.545. The molecule has 0 spiro atoms. The topological polar surface area (TPSA) is 63.4 Å². The summed E-state index contributed by atoms with van der Waals surface area (Å²) in [6.45, 7) is 1.91. The van der Waals surface area contributed by atoms with Crippen molar-refractivity contribution < 1.29 is 12.8 Å². The summed E-state index contributed by atoms with van der Waals surface area (Å²) in [6.07, 6.45) is 0. The van der Waals surface area contributed by atoms with Gasteiger partial charge in [-0.1, -0.05) is 23.8 Å². The van der Waals surface area contributed by atoms with Crippen LogP contribution < -0.4 is 4.90 Å². The Hall–Kier alpha value is -2.12. The molecule has 0 bridgehead atoms. The fourth-order valence-corrected chi connectivity index (χ4v) is 4.11. The molecule has 3 rings (SSSR count). The third-order valence-electron chi connectivity index (χ3n) is 3.30. The molecule has 5 nitrogen and oxygen atoms in total. The van der Waals surface area contributed by atoms with Crippen LogP contribution in [0.5, 0.6) is 0 Å². The van der Waals surface area contributed by atoms with E-state index in [1.807, 2.05) is 24.4 Å². The van der Waals surface area contributed by atoms with Crippen LogP contribution in [0.15, 0.2) is 56.1 Å². The van der Waals surface area contributed by atoms with E-state index in [0.717, 1.165) is 10.4 Å². The maximum atomic E-state index is 12.9. The molecule has 2 aromatic heterocycles. The SMILES string of the molecule is Cc1ccc(S(=O)(=O)c2nc(-c3cccs3)oc2N(C)C)cc1. The zero-order chi connectivity index (χ0) is 16.6. The number of aromatic nitrogens is 1. The van der Waals surface area contributed by atoms with Gasteiger partial charge in [0.2, 0.25) is 26.6 Å². The highest BCUT2D eigenvalue weighted by atomic mass is 32.2. The highest BCUT2D eigenvalue weighted by Gasteiger charge is 2.29. The number of hydrogen-bond acceptors (Lipinski definition) is 6. The zero-order valence-corrected chi connectivity index (χ0v) is 14.6. The van der Waals surface area contributed by atoms with E-state index in [9.17, 15) is 8.42 Å². The molecule has 7 heteroatoms. The van der Waals surface area contributed by atoms with Crippen molar-refractivity contribution in [3.8, 4) is 10.8 Å². The van der Waals surface area contributed by atoms with Crippen LogP contribution >= 0.6 is 11.3 Å². The normalized spacial score (nSPS) is 11.6. The van der Waals surface area contributed by atoms with Gasteiger partial charge >= 0.3 is 0 Å². The van der Waals surface area contributed by atoms with Crippen LogP contribution in [-0.2, 0) is 9.84 Å². The second-order valence-electron chi connectivity index (χ2n) is 5.32. The highest BCUT2D eigenvalue weighted by molar-refractivity contribution is 7.91. The van der Waals surface area contributed by atoms with Gasteiger partial charge in [-0.3, -0.25) is 0 Å². The predicted molar refractivity (Wildman–Crippen MR) is 90.8 cm³/mol. The van der Waals surface area contributed by atoms with Gasteiger partial charge in [0.05, 0.1) is 9.77 Å². The minimum Gasteiger partial charge on any atom is -0.418 e. The molecule has 0 amide bonds. The molecule has 0 N–H and O–H groups in total. The number of aryl methyl sites for hydroxylation is 1. The van der Waals surface area contributed by atoms with E-state index in [1.165, 1.54) is 11.3 Å². The van der Waals surface area contributed by atoms with E-state index in [0.29, 0.717) is 5.89 Å². The van der Waals surface area contributed by atoms with Crippen molar-refractivity contribution in [1.29, 1.82) is 0 Å². The minimum atomic E-state index is -3.74. The third kappa shape index (κ3) is 2.89. The molecule has 120 valence electrons. The third-order valence-corrected chi connectivity index (χ3v) is 5.83. The largest absolute Gasteiger partial charge is 0.418 e. The van der Waals surface area contributed by atoms with Gasteiger partial charge in [-0.25, -0.2) is 8.42 Å². The Bertz CT molecular complexity index is 909. The first-order valence-corrected chi connectivity index (χ1v) is 9.29. The van der Waals surface area contributed by atoms with Crippen molar-refractivity contribution in [2.75, 3.05) is 19.0 Å². The van der Waals surface area contributed by atoms with Crippen molar-refractivity contribution in [2.24, 2.45) is 0 Å². The molecule has 3 aromatic rings. The Morgan fingerprint density at radius 3 is 2.39 bits per heavy atom. The van der Waals surface area contributed by atoms with Gasteiger partial charge in [0.25, 0.3) is 0 Å². The van der Waals surface area contributed by atoms with E-state index in [1.54, 1.807) is 43.3 Å². The predicted octanol–water partition coefficient (Wildman–Crippen LogP) is 3.61. The molecule has 0 saturated heterocycles. The van der Waals surface area contributed by atoms with E-state index in [4.69, 9.17) is 4.42 Å². The van der Waals surface area contributed by atoms with Gasteiger partial charge < -0.3 is 9.32 Å². The molecular formula is C16H16N2O3S2. The average Bonchev–Trinajstić information content (AvgIpc) is 3.17. The standard InChI is InChI=1S/C16H16N2O3S2/c1-11-6-8-12(9-7-11)23(19,20)15-16(18(2)3)21-14(17-15)13-5-4-10-22-13/h4-10H,1-3H3. The second kappa shape index (κ2) is 5.82. The van der Waals surface area contributed by atoms with Gasteiger partial charge in [-0.2, -0.15) is 4.98 Å². The highest BCUT2D eigenvalue weighted by Crippen LogP contribution is 2.35. The summed E-state index contributed by atoms with van der Waals surface area (Å²) in [7, 11) is -0.285. The van der Waals surface area contributed by atoms with E-state index in [-0.39, 0.29) is 15.8 Å². The van der Waals surface area contributed by atoms with E-state index >= 15 is 0 Å². The van der Waals surface area contributed by atoms with Crippen LogP contribution in [0.2, 0.25) is 0 Å². The number of thiophene rings is 1. The number of rotatable bonds is 4. The van der Waals surface area contributed by atoms with Crippen molar-refractivity contribution in [2.45, 2.75) is 16.8 Å². The van der Waals surface area contributed by atoms with Gasteiger partial charge in [-0.05, 0) is 30.5 Å². The monoisotopic (exact) mass is 348 g/mol. The molecule has 0 fully saturated rings. The number of hydrogen-bond donors (Lipinski definition) is 0. The molecule has 0 aliphatic carbocycles. The Labute approximate surface area is 139 Å².